The molecule has 0 aliphatic carbocycles. The fourth-order valence-corrected chi connectivity index (χ4v) is 3.31. The van der Waals surface area contributed by atoms with Gasteiger partial charge in [-0.25, -0.2) is 0 Å². The molecule has 1 aromatic carbocycles. The van der Waals surface area contributed by atoms with Crippen LogP contribution in [0.25, 0.3) is 0 Å². The van der Waals surface area contributed by atoms with E-state index in [-0.39, 0.29) is 11.9 Å². The van der Waals surface area contributed by atoms with Gasteiger partial charge in [0.2, 0.25) is 0 Å². The molecule has 0 spiro atoms. The van der Waals surface area contributed by atoms with Crippen LogP contribution in [0.4, 0.5) is 0 Å². The number of aliphatic hydroxyl groups is 1. The van der Waals surface area contributed by atoms with Crippen LogP contribution in [0.1, 0.15) is 103 Å². The number of benzene rings is 1. The third-order valence-corrected chi connectivity index (χ3v) is 5.79. The molecule has 2 N–H and O–H groups in total. The number of carbonyl (C=O) groups is 1. The molecule has 0 radical (unpaired) electrons. The van der Waals surface area contributed by atoms with Crippen LogP contribution in [-0.2, 0) is 4.79 Å². The van der Waals surface area contributed by atoms with Gasteiger partial charge < -0.3 is 10.4 Å². The summed E-state index contributed by atoms with van der Waals surface area (Å²) >= 11 is 1.68. The van der Waals surface area contributed by atoms with E-state index in [1.807, 2.05) is 65.9 Å². The summed E-state index contributed by atoms with van der Waals surface area (Å²) in [5.74, 6) is -0.0198. The maximum atomic E-state index is 11.8. The van der Waals surface area contributed by atoms with Gasteiger partial charge >= 0.3 is 0 Å². The van der Waals surface area contributed by atoms with Crippen molar-refractivity contribution in [3.63, 3.8) is 0 Å². The van der Waals surface area contributed by atoms with Crippen LogP contribution in [0.2, 0.25) is 0 Å². The number of Topliss-reactive ketones (excluding diaryl/α,β-unsaturated/α-hetero) is 1. The van der Waals surface area contributed by atoms with Gasteiger partial charge in [-0.15, -0.1) is 11.3 Å². The van der Waals surface area contributed by atoms with E-state index >= 15 is 0 Å². The zero-order valence-electron chi connectivity index (χ0n) is 26.4. The van der Waals surface area contributed by atoms with Crippen LogP contribution in [0.3, 0.4) is 0 Å². The van der Waals surface area contributed by atoms with Crippen molar-refractivity contribution in [2.75, 3.05) is 13.6 Å². The molecule has 0 saturated carbocycles. The van der Waals surface area contributed by atoms with Crippen molar-refractivity contribution in [2.24, 2.45) is 5.10 Å². The van der Waals surface area contributed by atoms with E-state index in [1.165, 1.54) is 23.3 Å². The minimum Gasteiger partial charge on any atom is -0.393 e. The highest BCUT2D eigenvalue weighted by Gasteiger charge is 2.11. The quantitative estimate of drug-likeness (QED) is 0.135. The van der Waals surface area contributed by atoms with Gasteiger partial charge in [0.15, 0.2) is 5.78 Å². The summed E-state index contributed by atoms with van der Waals surface area (Å²) < 4.78 is 0. The summed E-state index contributed by atoms with van der Waals surface area (Å²) in [6.45, 7) is 22.3. The van der Waals surface area contributed by atoms with Crippen LogP contribution in [-0.4, -0.2) is 41.8 Å². The van der Waals surface area contributed by atoms with Crippen LogP contribution in [0, 0.1) is 13.8 Å². The second-order valence-corrected chi connectivity index (χ2v) is 9.63. The minimum atomic E-state index is -0.316. The third-order valence-electron chi connectivity index (χ3n) is 4.86. The zero-order chi connectivity index (χ0) is 29.9. The number of nitrogens with one attached hydrogen (secondary N) is 1. The molecule has 0 aliphatic rings. The standard InChI is InChI=1S/C17H27N3O2S.C7H8.C4H10.2C2H6/c1-12(21)7-6-10-18-17(15(4)22)14(3)20(5)19-11-16-9-8-13(2)23-16;1-7-5-3-2-4-6-7;1-3-4-2;2*1-2/h8-9,11-12,18,21H,6-7,10H2,1-5H3;2-6H,1H3;3-4H2,1-2H3;2*1-2H3/b17-14-,19-11+;;;;. The van der Waals surface area contributed by atoms with Crippen LogP contribution < -0.4 is 5.32 Å². The van der Waals surface area contributed by atoms with Crippen LogP contribution in [0.15, 0.2) is 59.0 Å². The lowest BCUT2D eigenvalue weighted by Gasteiger charge is -2.18. The second kappa shape index (κ2) is 27.6. The highest BCUT2D eigenvalue weighted by molar-refractivity contribution is 7.13. The molecule has 6 heteroatoms. The monoisotopic (exact) mass is 547 g/mol. The molecule has 218 valence electrons. The summed E-state index contributed by atoms with van der Waals surface area (Å²) in [6.07, 6.45) is 5.64. The first-order chi connectivity index (χ1) is 18.1. The molecule has 0 fully saturated rings. The number of rotatable bonds is 10. The average Bonchev–Trinajstić information content (AvgIpc) is 3.34. The van der Waals surface area contributed by atoms with Crippen molar-refractivity contribution < 1.29 is 9.90 Å². The lowest BCUT2D eigenvalue weighted by Crippen LogP contribution is -2.26. The van der Waals surface area contributed by atoms with Gasteiger partial charge in [0.1, 0.15) is 0 Å². The zero-order valence-corrected chi connectivity index (χ0v) is 27.2. The van der Waals surface area contributed by atoms with E-state index in [2.05, 4.69) is 56.3 Å². The normalized spacial score (nSPS) is 11.1. The van der Waals surface area contributed by atoms with Gasteiger partial charge in [-0.2, -0.15) is 5.10 Å². The number of hydrazone groups is 1. The number of unbranched alkanes of at least 4 members (excludes halogenated alkanes) is 1. The van der Waals surface area contributed by atoms with Gasteiger partial charge in [-0.05, 0) is 52.7 Å². The molecule has 1 heterocycles. The van der Waals surface area contributed by atoms with Gasteiger partial charge in [0, 0.05) is 30.3 Å². The van der Waals surface area contributed by atoms with E-state index in [0.29, 0.717) is 18.7 Å². The van der Waals surface area contributed by atoms with E-state index in [4.69, 9.17) is 0 Å². The van der Waals surface area contributed by atoms with Crippen LogP contribution in [0.5, 0.6) is 0 Å². The number of thiophene rings is 1. The number of carbonyl (C=O) groups excluding carboxylic acids is 1. The van der Waals surface area contributed by atoms with Crippen molar-refractivity contribution in [1.82, 2.24) is 10.3 Å². The number of allylic oxidation sites excluding steroid dienone is 2. The Bertz CT molecular complexity index is 857. The Hall–Kier alpha value is -2.44. The molecule has 0 saturated heterocycles. The first-order valence-corrected chi connectivity index (χ1v) is 14.9. The number of ketones is 1. The number of hydrogen-bond acceptors (Lipinski definition) is 6. The minimum absolute atomic E-state index is 0.0198. The molecule has 1 unspecified atom stereocenters. The molecule has 0 bridgehead atoms. The Balaban J connectivity index is -0.000000666. The van der Waals surface area contributed by atoms with Crippen molar-refractivity contribution >= 4 is 23.3 Å². The largest absolute Gasteiger partial charge is 0.393 e. The molecule has 38 heavy (non-hydrogen) atoms. The number of aliphatic hydroxyl groups excluding tert-OH is 1. The average molecular weight is 548 g/mol. The summed E-state index contributed by atoms with van der Waals surface area (Å²) in [6, 6.07) is 14.3. The molecular formula is C32H57N3O2S. The summed E-state index contributed by atoms with van der Waals surface area (Å²) in [4.78, 5) is 14.2. The van der Waals surface area contributed by atoms with Crippen LogP contribution >= 0.6 is 11.3 Å². The SMILES string of the molecule is CC.CC.CC(=O)/C(NCCCC(C)O)=C(\C)N(C)/N=C/c1ccc(C)s1.CCCC.Cc1ccccc1. The highest BCUT2D eigenvalue weighted by atomic mass is 32.1. The Labute approximate surface area is 239 Å². The fourth-order valence-electron chi connectivity index (χ4n) is 2.57. The maximum absolute atomic E-state index is 11.8. The number of aryl methyl sites for hydroxylation is 2. The molecule has 1 aromatic heterocycles. The Kier molecular flexibility index (Phi) is 29.1. The van der Waals surface area contributed by atoms with Crippen molar-refractivity contribution in [2.45, 2.75) is 108 Å². The second-order valence-electron chi connectivity index (χ2n) is 8.31. The maximum Gasteiger partial charge on any atom is 0.177 e. The van der Waals surface area contributed by atoms with Crippen molar-refractivity contribution in [3.8, 4) is 0 Å². The predicted octanol–water partition coefficient (Wildman–Crippen LogP) is 8.75. The van der Waals surface area contributed by atoms with Gasteiger partial charge in [-0.3, -0.25) is 9.80 Å². The van der Waals surface area contributed by atoms with E-state index in [9.17, 15) is 9.90 Å². The lowest BCUT2D eigenvalue weighted by atomic mass is 10.2. The summed E-state index contributed by atoms with van der Waals surface area (Å²) in [7, 11) is 1.83. The summed E-state index contributed by atoms with van der Waals surface area (Å²) in [5.41, 5.74) is 2.67. The number of hydrogen-bond donors (Lipinski definition) is 2. The lowest BCUT2D eigenvalue weighted by molar-refractivity contribution is -0.114. The summed E-state index contributed by atoms with van der Waals surface area (Å²) in [5, 5.41) is 18.5. The third kappa shape index (κ3) is 22.7. The van der Waals surface area contributed by atoms with Gasteiger partial charge in [0.25, 0.3) is 0 Å². The van der Waals surface area contributed by atoms with E-state index < -0.39 is 0 Å². The molecule has 0 amide bonds. The van der Waals surface area contributed by atoms with Crippen molar-refractivity contribution in [3.05, 3.63) is 69.2 Å². The molecule has 2 rings (SSSR count). The predicted molar refractivity (Wildman–Crippen MR) is 171 cm³/mol. The Morgan fingerprint density at radius 3 is 1.95 bits per heavy atom. The molecule has 2 aromatic rings. The van der Waals surface area contributed by atoms with Gasteiger partial charge in [0.05, 0.1) is 23.7 Å². The molecule has 0 aliphatic heterocycles. The smallest absolute Gasteiger partial charge is 0.177 e. The molecule has 1 atom stereocenters. The Morgan fingerprint density at radius 1 is 1.03 bits per heavy atom. The Morgan fingerprint density at radius 2 is 1.58 bits per heavy atom. The first-order valence-electron chi connectivity index (χ1n) is 14.1. The van der Waals surface area contributed by atoms with Gasteiger partial charge in [-0.1, -0.05) is 90.3 Å². The fraction of sp³-hybridized carbons (Fsp3) is 0.562. The topological polar surface area (TPSA) is 64.9 Å². The van der Waals surface area contributed by atoms with E-state index in [0.717, 1.165) is 17.0 Å². The highest BCUT2D eigenvalue weighted by Crippen LogP contribution is 2.14. The molecular weight excluding hydrogens is 490 g/mol. The molecule has 5 nitrogen and oxygen atoms in total. The first kappa shape index (κ1) is 40.1. The van der Waals surface area contributed by atoms with E-state index in [1.54, 1.807) is 36.4 Å². The van der Waals surface area contributed by atoms with Crippen molar-refractivity contribution in [1.29, 1.82) is 0 Å². The number of nitrogens with zero attached hydrogens (tertiary/aromatic N) is 2.